The van der Waals surface area contributed by atoms with Gasteiger partial charge < -0.3 is 10.2 Å². The normalized spacial score (nSPS) is 28.0. The van der Waals surface area contributed by atoms with Gasteiger partial charge in [0.1, 0.15) is 5.82 Å². The van der Waals surface area contributed by atoms with E-state index in [-0.39, 0.29) is 0 Å². The van der Waals surface area contributed by atoms with E-state index in [4.69, 9.17) is 0 Å². The molecule has 4 heteroatoms. The van der Waals surface area contributed by atoms with E-state index in [0.29, 0.717) is 6.04 Å². The molecule has 0 aromatic carbocycles. The van der Waals surface area contributed by atoms with Gasteiger partial charge in [-0.3, -0.25) is 4.90 Å². The summed E-state index contributed by atoms with van der Waals surface area (Å²) in [5.74, 6) is 0.954. The molecular weight excluding hydrogens is 236 g/mol. The molecule has 0 bridgehead atoms. The van der Waals surface area contributed by atoms with Crippen molar-refractivity contribution in [3.05, 3.63) is 18.3 Å². The lowest BCUT2D eigenvalue weighted by molar-refractivity contribution is 0.115. The van der Waals surface area contributed by atoms with E-state index >= 15 is 0 Å². The van der Waals surface area contributed by atoms with Gasteiger partial charge in [0.15, 0.2) is 0 Å². The van der Waals surface area contributed by atoms with Crippen LogP contribution in [0, 0.1) is 0 Å². The molecular formula is C15H24N4. The molecule has 4 nitrogen and oxygen atoms in total. The molecule has 1 aromatic rings. The summed E-state index contributed by atoms with van der Waals surface area (Å²) in [4.78, 5) is 9.55. The number of anilines is 2. The summed E-state index contributed by atoms with van der Waals surface area (Å²) in [5, 5.41) is 3.13. The third kappa shape index (κ3) is 2.54. The van der Waals surface area contributed by atoms with Gasteiger partial charge in [0, 0.05) is 50.2 Å². The molecule has 2 aliphatic rings. The third-order valence-corrected chi connectivity index (χ3v) is 4.52. The number of piperazine rings is 1. The van der Waals surface area contributed by atoms with Crippen molar-refractivity contribution in [1.29, 1.82) is 0 Å². The summed E-state index contributed by atoms with van der Waals surface area (Å²) in [6.45, 7) is 5.99. The molecule has 104 valence electrons. The van der Waals surface area contributed by atoms with Crippen molar-refractivity contribution >= 4 is 11.5 Å². The van der Waals surface area contributed by atoms with Crippen molar-refractivity contribution in [3.63, 3.8) is 0 Å². The lowest BCUT2D eigenvalue weighted by Crippen LogP contribution is -2.58. The van der Waals surface area contributed by atoms with Crippen LogP contribution in [0.25, 0.3) is 0 Å². The van der Waals surface area contributed by atoms with Gasteiger partial charge in [-0.25, -0.2) is 4.98 Å². The average molecular weight is 260 g/mol. The second-order valence-electron chi connectivity index (χ2n) is 5.80. The SMILES string of the molecule is CNc1cc(N2CC3CCCCN3CC2C)ccn1. The number of hydrogen-bond donors (Lipinski definition) is 1. The first kappa shape index (κ1) is 12.7. The van der Waals surface area contributed by atoms with Crippen LogP contribution in [0.4, 0.5) is 11.5 Å². The Morgan fingerprint density at radius 1 is 1.32 bits per heavy atom. The van der Waals surface area contributed by atoms with Crippen molar-refractivity contribution in [2.45, 2.75) is 38.3 Å². The molecule has 0 amide bonds. The van der Waals surface area contributed by atoms with Crippen LogP contribution >= 0.6 is 0 Å². The molecule has 2 atom stereocenters. The smallest absolute Gasteiger partial charge is 0.127 e. The zero-order valence-electron chi connectivity index (χ0n) is 12.0. The van der Waals surface area contributed by atoms with Gasteiger partial charge in [0.2, 0.25) is 0 Å². The highest BCUT2D eigenvalue weighted by atomic mass is 15.3. The van der Waals surface area contributed by atoms with Crippen LogP contribution in [0.3, 0.4) is 0 Å². The highest BCUT2D eigenvalue weighted by molar-refractivity contribution is 5.54. The summed E-state index contributed by atoms with van der Waals surface area (Å²) in [5.41, 5.74) is 1.30. The minimum Gasteiger partial charge on any atom is -0.373 e. The lowest BCUT2D eigenvalue weighted by Gasteiger charge is -2.48. The summed E-state index contributed by atoms with van der Waals surface area (Å²) in [6, 6.07) is 5.63. The van der Waals surface area contributed by atoms with Crippen LogP contribution < -0.4 is 10.2 Å². The monoisotopic (exact) mass is 260 g/mol. The van der Waals surface area contributed by atoms with Crippen molar-refractivity contribution in [1.82, 2.24) is 9.88 Å². The Morgan fingerprint density at radius 3 is 3.05 bits per heavy atom. The highest BCUT2D eigenvalue weighted by Gasteiger charge is 2.32. The molecule has 0 aliphatic carbocycles. The summed E-state index contributed by atoms with van der Waals surface area (Å²) >= 11 is 0. The number of fused-ring (bicyclic) bond motifs is 1. The van der Waals surface area contributed by atoms with E-state index in [1.165, 1.54) is 38.0 Å². The van der Waals surface area contributed by atoms with Crippen molar-refractivity contribution in [3.8, 4) is 0 Å². The van der Waals surface area contributed by atoms with Crippen LogP contribution in [0.2, 0.25) is 0 Å². The van der Waals surface area contributed by atoms with E-state index in [1.807, 2.05) is 13.2 Å². The van der Waals surface area contributed by atoms with E-state index in [1.54, 1.807) is 0 Å². The average Bonchev–Trinajstić information content (AvgIpc) is 2.46. The zero-order chi connectivity index (χ0) is 13.2. The molecule has 0 spiro atoms. The summed E-state index contributed by atoms with van der Waals surface area (Å²) in [7, 11) is 1.93. The van der Waals surface area contributed by atoms with E-state index in [0.717, 1.165) is 18.4 Å². The fourth-order valence-electron chi connectivity index (χ4n) is 3.45. The van der Waals surface area contributed by atoms with Gasteiger partial charge in [0.25, 0.3) is 0 Å². The standard InChI is InChI=1S/C15H24N4/c1-12-10-18-8-4-3-5-14(18)11-19(12)13-6-7-17-15(9-13)16-2/h6-7,9,12,14H,3-5,8,10-11H2,1-2H3,(H,16,17). The second-order valence-corrected chi connectivity index (χ2v) is 5.80. The number of nitrogens with zero attached hydrogens (tertiary/aromatic N) is 3. The van der Waals surface area contributed by atoms with Crippen LogP contribution in [0.1, 0.15) is 26.2 Å². The minimum absolute atomic E-state index is 0.585. The van der Waals surface area contributed by atoms with E-state index in [9.17, 15) is 0 Å². The first-order valence-electron chi connectivity index (χ1n) is 7.42. The molecule has 2 aliphatic heterocycles. The number of piperidine rings is 1. The first-order valence-corrected chi connectivity index (χ1v) is 7.42. The topological polar surface area (TPSA) is 31.4 Å². The van der Waals surface area contributed by atoms with Crippen molar-refractivity contribution in [2.24, 2.45) is 0 Å². The van der Waals surface area contributed by atoms with Gasteiger partial charge in [-0.2, -0.15) is 0 Å². The quantitative estimate of drug-likeness (QED) is 0.883. The van der Waals surface area contributed by atoms with Gasteiger partial charge in [-0.05, 0) is 32.4 Å². The van der Waals surface area contributed by atoms with Crippen molar-refractivity contribution < 1.29 is 0 Å². The van der Waals surface area contributed by atoms with Gasteiger partial charge in [-0.15, -0.1) is 0 Å². The number of rotatable bonds is 2. The number of hydrogen-bond acceptors (Lipinski definition) is 4. The molecule has 2 fully saturated rings. The number of pyridine rings is 1. The van der Waals surface area contributed by atoms with Gasteiger partial charge in [0.05, 0.1) is 0 Å². The largest absolute Gasteiger partial charge is 0.373 e. The zero-order valence-corrected chi connectivity index (χ0v) is 12.0. The maximum atomic E-state index is 4.31. The molecule has 2 saturated heterocycles. The van der Waals surface area contributed by atoms with Gasteiger partial charge in [-0.1, -0.05) is 6.42 Å². The fraction of sp³-hybridized carbons (Fsp3) is 0.667. The maximum Gasteiger partial charge on any atom is 0.127 e. The van der Waals surface area contributed by atoms with Crippen LogP contribution in [0.15, 0.2) is 18.3 Å². The predicted molar refractivity (Wildman–Crippen MR) is 79.8 cm³/mol. The Labute approximate surface area is 115 Å². The van der Waals surface area contributed by atoms with Gasteiger partial charge >= 0.3 is 0 Å². The molecule has 2 unspecified atom stereocenters. The molecule has 0 saturated carbocycles. The van der Waals surface area contributed by atoms with E-state index in [2.05, 4.69) is 39.2 Å². The Kier molecular flexibility index (Phi) is 3.60. The fourth-order valence-corrected chi connectivity index (χ4v) is 3.45. The van der Waals surface area contributed by atoms with Crippen LogP contribution in [-0.4, -0.2) is 48.6 Å². The van der Waals surface area contributed by atoms with E-state index < -0.39 is 0 Å². The Hall–Kier alpha value is -1.29. The third-order valence-electron chi connectivity index (χ3n) is 4.52. The first-order chi connectivity index (χ1) is 9.28. The molecule has 1 N–H and O–H groups in total. The van der Waals surface area contributed by atoms with Crippen LogP contribution in [-0.2, 0) is 0 Å². The number of aromatic nitrogens is 1. The van der Waals surface area contributed by atoms with Crippen molar-refractivity contribution in [2.75, 3.05) is 36.9 Å². The predicted octanol–water partition coefficient (Wildman–Crippen LogP) is 2.19. The number of nitrogens with one attached hydrogen (secondary N) is 1. The maximum absolute atomic E-state index is 4.31. The molecule has 3 heterocycles. The minimum atomic E-state index is 0.585. The van der Waals surface area contributed by atoms with Crippen LogP contribution in [0.5, 0.6) is 0 Å². The summed E-state index contributed by atoms with van der Waals surface area (Å²) < 4.78 is 0. The Morgan fingerprint density at radius 2 is 2.21 bits per heavy atom. The Balaban J connectivity index is 1.79. The lowest BCUT2D eigenvalue weighted by atomic mass is 9.97. The Bertz CT molecular complexity index is 434. The highest BCUT2D eigenvalue weighted by Crippen LogP contribution is 2.28. The second kappa shape index (κ2) is 5.37. The molecule has 19 heavy (non-hydrogen) atoms. The molecule has 1 aromatic heterocycles. The molecule has 0 radical (unpaired) electrons. The summed E-state index contributed by atoms with van der Waals surface area (Å²) in [6.07, 6.45) is 6.03. The molecule has 3 rings (SSSR count).